The van der Waals surface area contributed by atoms with Crippen molar-refractivity contribution in [2.75, 3.05) is 39.3 Å². The highest BCUT2D eigenvalue weighted by molar-refractivity contribution is 5.92. The molecule has 136 valence electrons. The summed E-state index contributed by atoms with van der Waals surface area (Å²) in [6.45, 7) is 9.73. The van der Waals surface area contributed by atoms with Gasteiger partial charge in [-0.15, -0.1) is 0 Å². The molecule has 5 heteroatoms. The van der Waals surface area contributed by atoms with Crippen molar-refractivity contribution in [3.8, 4) is 0 Å². The summed E-state index contributed by atoms with van der Waals surface area (Å²) in [7, 11) is 0. The number of hydrogen-bond acceptors (Lipinski definition) is 3. The predicted octanol–water partition coefficient (Wildman–Crippen LogP) is 1.84. The van der Waals surface area contributed by atoms with Gasteiger partial charge in [0.15, 0.2) is 0 Å². The smallest absolute Gasteiger partial charge is 0.226 e. The number of rotatable bonds is 6. The van der Waals surface area contributed by atoms with E-state index in [1.54, 1.807) is 0 Å². The molecule has 2 unspecified atom stereocenters. The fourth-order valence-corrected chi connectivity index (χ4v) is 3.71. The topological polar surface area (TPSA) is 43.9 Å². The van der Waals surface area contributed by atoms with Crippen molar-refractivity contribution in [1.82, 2.24) is 14.7 Å². The molecule has 1 saturated heterocycles. The molecule has 2 atom stereocenters. The molecular weight excluding hydrogens is 314 g/mol. The largest absolute Gasteiger partial charge is 0.343 e. The molecule has 25 heavy (non-hydrogen) atoms. The van der Waals surface area contributed by atoms with Crippen LogP contribution in [0.2, 0.25) is 0 Å². The molecule has 1 aromatic rings. The predicted molar refractivity (Wildman–Crippen MR) is 97.8 cm³/mol. The number of piperazine rings is 1. The summed E-state index contributed by atoms with van der Waals surface area (Å²) in [6, 6.07) is 10.5. The molecule has 0 spiro atoms. The first-order chi connectivity index (χ1) is 12.1. The third-order valence-corrected chi connectivity index (χ3v) is 5.43. The molecule has 5 nitrogen and oxygen atoms in total. The third kappa shape index (κ3) is 4.21. The number of hydrogen-bond donors (Lipinski definition) is 0. The van der Waals surface area contributed by atoms with Gasteiger partial charge in [-0.25, -0.2) is 0 Å². The van der Waals surface area contributed by atoms with E-state index in [0.717, 1.165) is 52.2 Å². The number of carbonyl (C=O) groups is 2. The van der Waals surface area contributed by atoms with Gasteiger partial charge in [0.1, 0.15) is 0 Å². The van der Waals surface area contributed by atoms with E-state index in [9.17, 15) is 9.59 Å². The molecule has 0 radical (unpaired) electrons. The second kappa shape index (κ2) is 8.00. The summed E-state index contributed by atoms with van der Waals surface area (Å²) in [4.78, 5) is 31.2. The van der Waals surface area contributed by atoms with Crippen molar-refractivity contribution >= 4 is 11.8 Å². The maximum absolute atomic E-state index is 12.7. The zero-order valence-corrected chi connectivity index (χ0v) is 15.4. The van der Waals surface area contributed by atoms with Gasteiger partial charge in [0, 0.05) is 45.8 Å². The lowest BCUT2D eigenvalue weighted by Crippen LogP contribution is -2.49. The Balaban J connectivity index is 1.46. The van der Waals surface area contributed by atoms with Crippen LogP contribution < -0.4 is 0 Å². The van der Waals surface area contributed by atoms with Gasteiger partial charge in [0.2, 0.25) is 11.8 Å². The van der Waals surface area contributed by atoms with E-state index < -0.39 is 0 Å². The first-order valence-electron chi connectivity index (χ1n) is 9.47. The minimum absolute atomic E-state index is 0.0743. The maximum Gasteiger partial charge on any atom is 0.226 e. The average Bonchev–Trinajstić information content (AvgIpc) is 3.44. The molecule has 1 aliphatic heterocycles. The van der Waals surface area contributed by atoms with Crippen LogP contribution in [0.15, 0.2) is 30.3 Å². The summed E-state index contributed by atoms with van der Waals surface area (Å²) < 4.78 is 0. The van der Waals surface area contributed by atoms with Crippen LogP contribution in [0.1, 0.15) is 25.8 Å². The van der Waals surface area contributed by atoms with Crippen LogP contribution in [0, 0.1) is 11.8 Å². The van der Waals surface area contributed by atoms with Crippen LogP contribution in [-0.2, 0) is 16.1 Å². The van der Waals surface area contributed by atoms with E-state index in [1.165, 1.54) is 5.56 Å². The normalized spacial score (nSPS) is 23.4. The Morgan fingerprint density at radius 1 is 1.00 bits per heavy atom. The summed E-state index contributed by atoms with van der Waals surface area (Å²) in [6.07, 6.45) is 0.735. The Morgan fingerprint density at radius 3 is 2.24 bits per heavy atom. The molecule has 1 aliphatic carbocycles. The summed E-state index contributed by atoms with van der Waals surface area (Å²) in [5.41, 5.74) is 1.31. The molecule has 2 aliphatic rings. The quantitative estimate of drug-likeness (QED) is 0.792. The SMILES string of the molecule is CCN(CC)C(=O)C1CC1C(=O)N1CCN(Cc2ccccc2)CC1. The van der Waals surface area contributed by atoms with Crippen LogP contribution in [0.5, 0.6) is 0 Å². The first kappa shape index (κ1) is 17.9. The second-order valence-electron chi connectivity index (χ2n) is 7.05. The minimum Gasteiger partial charge on any atom is -0.343 e. The second-order valence-corrected chi connectivity index (χ2v) is 7.05. The van der Waals surface area contributed by atoms with Crippen molar-refractivity contribution in [1.29, 1.82) is 0 Å². The fourth-order valence-electron chi connectivity index (χ4n) is 3.71. The summed E-state index contributed by atoms with van der Waals surface area (Å²) in [5.74, 6) is 0.194. The van der Waals surface area contributed by atoms with Gasteiger partial charge in [-0.1, -0.05) is 30.3 Å². The Labute approximate surface area is 150 Å². The third-order valence-electron chi connectivity index (χ3n) is 5.43. The molecule has 0 bridgehead atoms. The van der Waals surface area contributed by atoms with Crippen molar-refractivity contribution in [3.05, 3.63) is 35.9 Å². The molecular formula is C20H29N3O2. The Kier molecular flexibility index (Phi) is 5.74. The van der Waals surface area contributed by atoms with Crippen LogP contribution in [0.3, 0.4) is 0 Å². The Hall–Kier alpha value is -1.88. The number of nitrogens with zero attached hydrogens (tertiary/aromatic N) is 3. The van der Waals surface area contributed by atoms with Crippen molar-refractivity contribution < 1.29 is 9.59 Å². The van der Waals surface area contributed by atoms with Crippen molar-refractivity contribution in [2.24, 2.45) is 11.8 Å². The van der Waals surface area contributed by atoms with E-state index >= 15 is 0 Å². The lowest BCUT2D eigenvalue weighted by atomic mass is 10.2. The molecule has 0 N–H and O–H groups in total. The first-order valence-corrected chi connectivity index (χ1v) is 9.47. The summed E-state index contributed by atoms with van der Waals surface area (Å²) >= 11 is 0. The van der Waals surface area contributed by atoms with Gasteiger partial charge in [0.25, 0.3) is 0 Å². The molecule has 1 heterocycles. The van der Waals surface area contributed by atoms with Crippen LogP contribution >= 0.6 is 0 Å². The summed E-state index contributed by atoms with van der Waals surface area (Å²) in [5, 5.41) is 0. The lowest BCUT2D eigenvalue weighted by Gasteiger charge is -2.35. The van der Waals surface area contributed by atoms with Crippen molar-refractivity contribution in [3.63, 3.8) is 0 Å². The standard InChI is InChI=1S/C20H29N3O2/c1-3-22(4-2)19(24)17-14-18(17)20(25)23-12-10-21(11-13-23)15-16-8-6-5-7-9-16/h5-9,17-18H,3-4,10-15H2,1-2H3. The Morgan fingerprint density at radius 2 is 1.64 bits per heavy atom. The van der Waals surface area contributed by atoms with Gasteiger partial charge in [0.05, 0.1) is 11.8 Å². The zero-order valence-electron chi connectivity index (χ0n) is 15.4. The Bertz CT molecular complexity index is 592. The van der Waals surface area contributed by atoms with E-state index in [-0.39, 0.29) is 23.7 Å². The van der Waals surface area contributed by atoms with E-state index in [4.69, 9.17) is 0 Å². The number of benzene rings is 1. The lowest BCUT2D eigenvalue weighted by molar-refractivity contribution is -0.138. The molecule has 2 fully saturated rings. The highest BCUT2D eigenvalue weighted by Gasteiger charge is 2.50. The highest BCUT2D eigenvalue weighted by Crippen LogP contribution is 2.41. The zero-order chi connectivity index (χ0) is 17.8. The minimum atomic E-state index is -0.0752. The van der Waals surface area contributed by atoms with Gasteiger partial charge in [-0.05, 0) is 25.8 Å². The molecule has 1 saturated carbocycles. The van der Waals surface area contributed by atoms with Gasteiger partial charge in [-0.3, -0.25) is 14.5 Å². The average molecular weight is 343 g/mol. The van der Waals surface area contributed by atoms with Crippen LogP contribution in [0.25, 0.3) is 0 Å². The monoisotopic (exact) mass is 343 g/mol. The van der Waals surface area contributed by atoms with Crippen LogP contribution in [0.4, 0.5) is 0 Å². The number of amides is 2. The van der Waals surface area contributed by atoms with E-state index in [1.807, 2.05) is 29.7 Å². The van der Waals surface area contributed by atoms with Crippen LogP contribution in [-0.4, -0.2) is 65.8 Å². The molecule has 3 rings (SSSR count). The van der Waals surface area contributed by atoms with E-state index in [0.29, 0.717) is 0 Å². The van der Waals surface area contributed by atoms with Crippen molar-refractivity contribution in [2.45, 2.75) is 26.8 Å². The fraction of sp³-hybridized carbons (Fsp3) is 0.600. The van der Waals surface area contributed by atoms with E-state index in [2.05, 4.69) is 29.2 Å². The number of carbonyl (C=O) groups excluding carboxylic acids is 2. The highest BCUT2D eigenvalue weighted by atomic mass is 16.2. The molecule has 0 aromatic heterocycles. The van der Waals surface area contributed by atoms with Gasteiger partial charge in [-0.2, -0.15) is 0 Å². The maximum atomic E-state index is 12.7. The van der Waals surface area contributed by atoms with Gasteiger partial charge < -0.3 is 9.80 Å². The molecule has 1 aromatic carbocycles. The molecule has 2 amide bonds. The van der Waals surface area contributed by atoms with Gasteiger partial charge >= 0.3 is 0 Å².